The molecule has 1 aromatic carbocycles. The monoisotopic (exact) mass is 232 g/mol. The van der Waals surface area contributed by atoms with Crippen LogP contribution < -0.4 is 0 Å². The van der Waals surface area contributed by atoms with Crippen molar-refractivity contribution < 1.29 is 14.6 Å². The third-order valence-electron chi connectivity index (χ3n) is 3.30. The predicted octanol–water partition coefficient (Wildman–Crippen LogP) is 2.10. The van der Waals surface area contributed by atoms with Gasteiger partial charge in [-0.25, -0.2) is 0 Å². The maximum absolute atomic E-state index is 12.1. The molecule has 17 heavy (non-hydrogen) atoms. The van der Waals surface area contributed by atoms with Gasteiger partial charge in [0.05, 0.1) is 7.11 Å². The molecule has 3 nitrogen and oxygen atoms in total. The molecule has 1 unspecified atom stereocenters. The van der Waals surface area contributed by atoms with Crippen molar-refractivity contribution in [2.24, 2.45) is 5.92 Å². The normalized spacial score (nSPS) is 23.4. The lowest BCUT2D eigenvalue weighted by atomic mass is 9.74. The Bertz CT molecular complexity index is 488. The van der Waals surface area contributed by atoms with E-state index in [2.05, 4.69) is 0 Å². The van der Waals surface area contributed by atoms with E-state index in [-0.39, 0.29) is 11.7 Å². The highest BCUT2D eigenvalue weighted by atomic mass is 16.5. The van der Waals surface area contributed by atoms with E-state index < -0.39 is 5.60 Å². The molecule has 0 saturated heterocycles. The second-order valence-electron chi connectivity index (χ2n) is 4.54. The van der Waals surface area contributed by atoms with Crippen LogP contribution in [0.15, 0.2) is 30.3 Å². The van der Waals surface area contributed by atoms with E-state index in [9.17, 15) is 9.90 Å². The summed E-state index contributed by atoms with van der Waals surface area (Å²) in [6.45, 7) is 3.67. The summed E-state index contributed by atoms with van der Waals surface area (Å²) < 4.78 is 5.19. The minimum absolute atomic E-state index is 0.189. The fraction of sp³-hybridized carbons (Fsp3) is 0.357. The number of hydrogen-bond acceptors (Lipinski definition) is 3. The van der Waals surface area contributed by atoms with Gasteiger partial charge in [0.15, 0.2) is 11.4 Å². The molecule has 1 atom stereocenters. The Labute approximate surface area is 101 Å². The second-order valence-corrected chi connectivity index (χ2v) is 4.54. The number of ketones is 1. The molecule has 1 aliphatic rings. The van der Waals surface area contributed by atoms with Crippen LogP contribution >= 0.6 is 0 Å². The van der Waals surface area contributed by atoms with Crippen LogP contribution in [0.4, 0.5) is 0 Å². The molecule has 3 heteroatoms. The van der Waals surface area contributed by atoms with Crippen LogP contribution in [0.2, 0.25) is 0 Å². The maximum Gasteiger partial charge on any atom is 0.195 e. The molecule has 0 amide bonds. The highest BCUT2D eigenvalue weighted by Gasteiger charge is 2.44. The lowest BCUT2D eigenvalue weighted by Crippen LogP contribution is -2.42. The first-order valence-electron chi connectivity index (χ1n) is 5.64. The average Bonchev–Trinajstić information content (AvgIpc) is 2.33. The molecule has 0 aliphatic heterocycles. The van der Waals surface area contributed by atoms with Gasteiger partial charge in [-0.1, -0.05) is 38.1 Å². The van der Waals surface area contributed by atoms with Crippen LogP contribution in [0, 0.1) is 5.92 Å². The van der Waals surface area contributed by atoms with Gasteiger partial charge in [0.1, 0.15) is 5.76 Å². The molecule has 0 aromatic heterocycles. The van der Waals surface area contributed by atoms with Crippen molar-refractivity contribution in [1.29, 1.82) is 0 Å². The topological polar surface area (TPSA) is 46.5 Å². The molecule has 0 spiro atoms. The van der Waals surface area contributed by atoms with Crippen LogP contribution in [0.1, 0.15) is 25.0 Å². The molecule has 90 valence electrons. The smallest absolute Gasteiger partial charge is 0.195 e. The first kappa shape index (κ1) is 11.9. The molecule has 1 aliphatic carbocycles. The molecule has 0 saturated carbocycles. The third kappa shape index (κ3) is 1.58. The van der Waals surface area contributed by atoms with Gasteiger partial charge in [-0.05, 0) is 5.92 Å². The van der Waals surface area contributed by atoms with Crippen molar-refractivity contribution in [1.82, 2.24) is 0 Å². The number of carbonyl (C=O) groups is 1. The van der Waals surface area contributed by atoms with Gasteiger partial charge < -0.3 is 9.84 Å². The summed E-state index contributed by atoms with van der Waals surface area (Å²) in [5.41, 5.74) is -0.0383. The standard InChI is InChI=1S/C14H16O3/c1-9(2)14(16)11-7-5-4-6-10(11)12(17-3)8-13(14)15/h4-9,16H,1-3H3. The molecular formula is C14H16O3. The SMILES string of the molecule is COC1=CC(=O)C(O)(C(C)C)c2ccccc21. The number of ether oxygens (including phenoxy) is 1. The first-order valence-corrected chi connectivity index (χ1v) is 5.64. The highest BCUT2D eigenvalue weighted by Crippen LogP contribution is 2.40. The first-order chi connectivity index (χ1) is 8.01. The zero-order valence-electron chi connectivity index (χ0n) is 10.2. The third-order valence-corrected chi connectivity index (χ3v) is 3.30. The number of methoxy groups -OCH3 is 1. The van der Waals surface area contributed by atoms with E-state index in [4.69, 9.17) is 4.74 Å². The number of aliphatic hydroxyl groups is 1. The second kappa shape index (κ2) is 4.00. The van der Waals surface area contributed by atoms with E-state index in [0.717, 1.165) is 5.56 Å². The van der Waals surface area contributed by atoms with Gasteiger partial charge in [0.25, 0.3) is 0 Å². The number of fused-ring (bicyclic) bond motifs is 1. The van der Waals surface area contributed by atoms with Crippen LogP contribution in [-0.4, -0.2) is 18.0 Å². The Morgan fingerprint density at radius 2 is 1.94 bits per heavy atom. The zero-order chi connectivity index (χ0) is 12.6. The number of benzene rings is 1. The van der Waals surface area contributed by atoms with Gasteiger partial charge in [-0.2, -0.15) is 0 Å². The predicted molar refractivity (Wildman–Crippen MR) is 65.2 cm³/mol. The number of carbonyl (C=O) groups excluding carboxylic acids is 1. The Hall–Kier alpha value is -1.61. The van der Waals surface area contributed by atoms with Crippen LogP contribution in [-0.2, 0) is 15.1 Å². The van der Waals surface area contributed by atoms with Crippen molar-refractivity contribution in [2.75, 3.05) is 7.11 Å². The lowest BCUT2D eigenvalue weighted by Gasteiger charge is -2.35. The van der Waals surface area contributed by atoms with E-state index >= 15 is 0 Å². The quantitative estimate of drug-likeness (QED) is 0.849. The van der Waals surface area contributed by atoms with Crippen LogP contribution in [0.3, 0.4) is 0 Å². The van der Waals surface area contributed by atoms with Gasteiger partial charge >= 0.3 is 0 Å². The fourth-order valence-corrected chi connectivity index (χ4v) is 2.23. The average molecular weight is 232 g/mol. The summed E-state index contributed by atoms with van der Waals surface area (Å²) in [5, 5.41) is 10.6. The van der Waals surface area contributed by atoms with E-state index in [1.54, 1.807) is 6.07 Å². The van der Waals surface area contributed by atoms with Gasteiger partial charge in [0, 0.05) is 17.2 Å². The van der Waals surface area contributed by atoms with Gasteiger partial charge in [-0.15, -0.1) is 0 Å². The lowest BCUT2D eigenvalue weighted by molar-refractivity contribution is -0.138. The summed E-state index contributed by atoms with van der Waals surface area (Å²) >= 11 is 0. The Kier molecular flexibility index (Phi) is 2.79. The van der Waals surface area contributed by atoms with Crippen molar-refractivity contribution in [3.05, 3.63) is 41.5 Å². The molecule has 0 heterocycles. The molecule has 0 radical (unpaired) electrons. The largest absolute Gasteiger partial charge is 0.496 e. The molecule has 1 aromatic rings. The summed E-state index contributed by atoms with van der Waals surface area (Å²) in [7, 11) is 1.52. The summed E-state index contributed by atoms with van der Waals surface area (Å²) in [6.07, 6.45) is 1.38. The highest BCUT2D eigenvalue weighted by molar-refractivity contribution is 6.05. The van der Waals surface area contributed by atoms with Crippen LogP contribution in [0.25, 0.3) is 5.76 Å². The molecule has 0 bridgehead atoms. The van der Waals surface area contributed by atoms with Gasteiger partial charge in [-0.3, -0.25) is 4.79 Å². The number of rotatable bonds is 2. The van der Waals surface area contributed by atoms with Crippen molar-refractivity contribution in [2.45, 2.75) is 19.4 Å². The Morgan fingerprint density at radius 3 is 2.53 bits per heavy atom. The molecule has 0 fully saturated rings. The molecular weight excluding hydrogens is 216 g/mol. The van der Waals surface area contributed by atoms with E-state index in [1.807, 2.05) is 32.0 Å². The van der Waals surface area contributed by atoms with Crippen molar-refractivity contribution in [3.8, 4) is 0 Å². The summed E-state index contributed by atoms with van der Waals surface area (Å²) in [4.78, 5) is 12.1. The summed E-state index contributed by atoms with van der Waals surface area (Å²) in [6, 6.07) is 7.31. The van der Waals surface area contributed by atoms with Crippen molar-refractivity contribution >= 4 is 11.5 Å². The van der Waals surface area contributed by atoms with Gasteiger partial charge in [0.2, 0.25) is 0 Å². The fourth-order valence-electron chi connectivity index (χ4n) is 2.23. The zero-order valence-corrected chi connectivity index (χ0v) is 10.2. The minimum Gasteiger partial charge on any atom is -0.496 e. The van der Waals surface area contributed by atoms with E-state index in [1.165, 1.54) is 13.2 Å². The van der Waals surface area contributed by atoms with Crippen molar-refractivity contribution in [3.63, 3.8) is 0 Å². The molecule has 1 N–H and O–H groups in total. The number of hydrogen-bond donors (Lipinski definition) is 1. The van der Waals surface area contributed by atoms with E-state index in [0.29, 0.717) is 11.3 Å². The Balaban J connectivity index is 2.70. The molecule has 2 rings (SSSR count). The van der Waals surface area contributed by atoms with Crippen LogP contribution in [0.5, 0.6) is 0 Å². The maximum atomic E-state index is 12.1. The Morgan fingerprint density at radius 1 is 1.29 bits per heavy atom. The minimum atomic E-state index is -1.45. The summed E-state index contributed by atoms with van der Waals surface area (Å²) in [5.74, 6) is 0.00443.